The first-order valence-corrected chi connectivity index (χ1v) is 14.3. The van der Waals surface area contributed by atoms with Crippen LogP contribution >= 0.6 is 27.5 Å². The molecule has 204 valence electrons. The monoisotopic (exact) mass is 620 g/mol. The second-order valence-electron chi connectivity index (χ2n) is 10.8. The number of amides is 3. The SMILES string of the molecule is CC(C)[C@H](C(=O)OCC(=O)Nc1ccc(Br)c(Cl)c1)N1C(=O)[C@@H]2C3c4ccccc4C(c4ccccc43)[C@@H]2C1=O. The first-order valence-electron chi connectivity index (χ1n) is 13.1. The predicted molar refractivity (Wildman–Crippen MR) is 153 cm³/mol. The summed E-state index contributed by atoms with van der Waals surface area (Å²) in [7, 11) is 0. The number of halogens is 2. The summed E-state index contributed by atoms with van der Waals surface area (Å²) in [6.07, 6.45) is 0. The zero-order valence-corrected chi connectivity index (χ0v) is 24.1. The van der Waals surface area contributed by atoms with Gasteiger partial charge in [0.25, 0.3) is 5.91 Å². The van der Waals surface area contributed by atoms with Crippen molar-refractivity contribution in [3.8, 4) is 0 Å². The molecule has 1 N–H and O–H groups in total. The third-order valence-corrected chi connectivity index (χ3v) is 9.42. The lowest BCUT2D eigenvalue weighted by molar-refractivity contribution is -0.162. The summed E-state index contributed by atoms with van der Waals surface area (Å²) in [5.41, 5.74) is 4.68. The number of rotatable bonds is 6. The summed E-state index contributed by atoms with van der Waals surface area (Å²) in [6, 6.07) is 19.7. The molecule has 0 spiro atoms. The molecule has 0 saturated carbocycles. The van der Waals surface area contributed by atoms with Crippen molar-refractivity contribution in [1.29, 1.82) is 0 Å². The van der Waals surface area contributed by atoms with E-state index in [-0.39, 0.29) is 23.7 Å². The Morgan fingerprint density at radius 1 is 0.900 bits per heavy atom. The van der Waals surface area contributed by atoms with Gasteiger partial charge in [0.15, 0.2) is 6.61 Å². The number of imide groups is 1. The first-order chi connectivity index (χ1) is 19.2. The Bertz CT molecular complexity index is 1460. The van der Waals surface area contributed by atoms with Crippen LogP contribution in [0.4, 0.5) is 5.69 Å². The largest absolute Gasteiger partial charge is 0.454 e. The molecule has 9 heteroatoms. The number of nitrogens with zero attached hydrogens (tertiary/aromatic N) is 1. The van der Waals surface area contributed by atoms with Gasteiger partial charge in [-0.3, -0.25) is 19.3 Å². The molecule has 0 radical (unpaired) electrons. The maximum atomic E-state index is 14.1. The minimum atomic E-state index is -1.15. The van der Waals surface area contributed by atoms with Gasteiger partial charge < -0.3 is 10.1 Å². The van der Waals surface area contributed by atoms with Gasteiger partial charge in [-0.2, -0.15) is 0 Å². The molecule has 7 rings (SSSR count). The number of ether oxygens (including phenoxy) is 1. The van der Waals surface area contributed by atoms with Crippen molar-refractivity contribution < 1.29 is 23.9 Å². The number of carbonyl (C=O) groups is 4. The van der Waals surface area contributed by atoms with E-state index in [0.717, 1.165) is 27.2 Å². The van der Waals surface area contributed by atoms with E-state index in [1.165, 1.54) is 0 Å². The molecule has 4 aliphatic rings. The summed E-state index contributed by atoms with van der Waals surface area (Å²) in [4.78, 5) is 55.1. The van der Waals surface area contributed by atoms with Crippen molar-refractivity contribution in [1.82, 2.24) is 4.90 Å². The minimum absolute atomic E-state index is 0.267. The number of likely N-dealkylation sites (tertiary alicyclic amines) is 1. The number of carbonyl (C=O) groups excluding carboxylic acids is 4. The maximum Gasteiger partial charge on any atom is 0.330 e. The van der Waals surface area contributed by atoms with E-state index in [2.05, 4.69) is 21.2 Å². The highest BCUT2D eigenvalue weighted by Gasteiger charge is 2.63. The predicted octanol–water partition coefficient (Wildman–Crippen LogP) is 5.50. The van der Waals surface area contributed by atoms with Gasteiger partial charge >= 0.3 is 5.97 Å². The molecule has 3 aromatic rings. The van der Waals surface area contributed by atoms with Crippen LogP contribution in [0.1, 0.15) is 47.9 Å². The Kier molecular flexibility index (Phi) is 6.79. The van der Waals surface area contributed by atoms with Crippen molar-refractivity contribution in [2.75, 3.05) is 11.9 Å². The number of anilines is 1. The van der Waals surface area contributed by atoms with Crippen LogP contribution in [0, 0.1) is 17.8 Å². The number of hydrogen-bond donors (Lipinski definition) is 1. The van der Waals surface area contributed by atoms with Crippen molar-refractivity contribution in [3.05, 3.63) is 98.5 Å². The molecule has 1 heterocycles. The highest BCUT2D eigenvalue weighted by molar-refractivity contribution is 9.10. The second-order valence-corrected chi connectivity index (χ2v) is 12.0. The summed E-state index contributed by atoms with van der Waals surface area (Å²) < 4.78 is 6.05. The summed E-state index contributed by atoms with van der Waals surface area (Å²) in [5.74, 6) is -4.22. The molecule has 3 aliphatic carbocycles. The average molecular weight is 622 g/mol. The van der Waals surface area contributed by atoms with Gasteiger partial charge in [-0.15, -0.1) is 0 Å². The van der Waals surface area contributed by atoms with Crippen molar-refractivity contribution in [2.24, 2.45) is 17.8 Å². The van der Waals surface area contributed by atoms with Gasteiger partial charge in [0, 0.05) is 22.0 Å². The highest BCUT2D eigenvalue weighted by atomic mass is 79.9. The molecule has 40 heavy (non-hydrogen) atoms. The van der Waals surface area contributed by atoms with E-state index in [4.69, 9.17) is 16.3 Å². The smallest absolute Gasteiger partial charge is 0.330 e. The van der Waals surface area contributed by atoms with Crippen LogP contribution < -0.4 is 5.32 Å². The molecule has 2 bridgehead atoms. The summed E-state index contributed by atoms with van der Waals surface area (Å²) in [6.45, 7) is 2.95. The molecule has 3 aromatic carbocycles. The van der Waals surface area contributed by atoms with Gasteiger partial charge in [-0.25, -0.2) is 4.79 Å². The van der Waals surface area contributed by atoms with E-state index in [1.807, 2.05) is 48.5 Å². The fourth-order valence-corrected chi connectivity index (χ4v) is 7.07. The van der Waals surface area contributed by atoms with Crippen LogP contribution in [0.2, 0.25) is 5.02 Å². The Labute approximate surface area is 245 Å². The normalized spacial score (nSPS) is 23.0. The third-order valence-electron chi connectivity index (χ3n) is 8.18. The lowest BCUT2D eigenvalue weighted by Gasteiger charge is -2.45. The van der Waals surface area contributed by atoms with E-state index in [1.54, 1.807) is 32.0 Å². The van der Waals surface area contributed by atoms with Crippen LogP contribution in [-0.2, 0) is 23.9 Å². The molecular weight excluding hydrogens is 596 g/mol. The van der Waals surface area contributed by atoms with E-state index in [9.17, 15) is 19.2 Å². The number of esters is 1. The van der Waals surface area contributed by atoms with Crippen LogP contribution in [0.15, 0.2) is 71.2 Å². The fraction of sp³-hybridized carbons (Fsp3) is 0.290. The van der Waals surface area contributed by atoms with Crippen molar-refractivity contribution >= 4 is 56.9 Å². The molecule has 3 atom stereocenters. The molecule has 0 aromatic heterocycles. The topological polar surface area (TPSA) is 92.8 Å². The lowest BCUT2D eigenvalue weighted by Crippen LogP contribution is -2.49. The van der Waals surface area contributed by atoms with E-state index in [0.29, 0.717) is 15.2 Å². The van der Waals surface area contributed by atoms with Gasteiger partial charge in [0.05, 0.1) is 16.9 Å². The quantitative estimate of drug-likeness (QED) is 0.290. The lowest BCUT2D eigenvalue weighted by atomic mass is 9.55. The minimum Gasteiger partial charge on any atom is -0.454 e. The number of hydrogen-bond acceptors (Lipinski definition) is 5. The van der Waals surface area contributed by atoms with E-state index < -0.39 is 42.3 Å². The van der Waals surface area contributed by atoms with Gasteiger partial charge in [-0.05, 0) is 62.3 Å². The Morgan fingerprint density at radius 2 is 1.40 bits per heavy atom. The van der Waals surface area contributed by atoms with Gasteiger partial charge in [-0.1, -0.05) is 74.0 Å². The molecule has 1 aliphatic heterocycles. The molecular formula is C31H26BrClN2O5. The summed E-state index contributed by atoms with van der Waals surface area (Å²) in [5, 5.41) is 3.05. The molecule has 3 amide bonds. The summed E-state index contributed by atoms with van der Waals surface area (Å²) >= 11 is 9.38. The van der Waals surface area contributed by atoms with Crippen LogP contribution in [0.5, 0.6) is 0 Å². The molecule has 1 fully saturated rings. The number of nitrogens with one attached hydrogen (secondary N) is 1. The van der Waals surface area contributed by atoms with E-state index >= 15 is 0 Å². The first kappa shape index (κ1) is 26.7. The molecule has 1 saturated heterocycles. The standard InChI is InChI=1S/C31H26BrClN2O5/c1-15(2)28(31(39)40-14-23(36)34-16-11-12-21(32)22(33)13-16)35-29(37)26-24-17-7-3-4-8-18(17)25(27(26)30(35)38)20-10-6-5-9-19(20)24/h3-13,15,24-28H,14H2,1-2H3,(H,34,36)/t24?,25?,26-,27+,28-/m1/s1. The third kappa shape index (κ3) is 4.16. The van der Waals surface area contributed by atoms with Crippen LogP contribution in [0.3, 0.4) is 0 Å². The van der Waals surface area contributed by atoms with Gasteiger partial charge in [0.2, 0.25) is 11.8 Å². The van der Waals surface area contributed by atoms with Gasteiger partial charge in [0.1, 0.15) is 6.04 Å². The number of benzene rings is 3. The maximum absolute atomic E-state index is 14.1. The van der Waals surface area contributed by atoms with Crippen LogP contribution in [-0.4, -0.2) is 41.2 Å². The second kappa shape index (κ2) is 10.2. The molecule has 7 nitrogen and oxygen atoms in total. The Hall–Kier alpha value is -3.49. The Balaban J connectivity index is 1.25. The Morgan fingerprint density at radius 3 is 1.85 bits per heavy atom. The fourth-order valence-electron chi connectivity index (χ4n) is 6.64. The van der Waals surface area contributed by atoms with Crippen LogP contribution in [0.25, 0.3) is 0 Å². The van der Waals surface area contributed by atoms with Crippen molar-refractivity contribution in [3.63, 3.8) is 0 Å². The zero-order valence-electron chi connectivity index (χ0n) is 21.8. The highest BCUT2D eigenvalue weighted by Crippen LogP contribution is 2.61. The van der Waals surface area contributed by atoms with Crippen molar-refractivity contribution in [2.45, 2.75) is 31.7 Å². The average Bonchev–Trinajstić information content (AvgIpc) is 3.20. The zero-order chi connectivity index (χ0) is 28.3. The molecule has 0 unspecified atom stereocenters.